The van der Waals surface area contributed by atoms with Gasteiger partial charge in [-0.1, -0.05) is 30.3 Å². The molecule has 10 nitrogen and oxygen atoms in total. The van der Waals surface area contributed by atoms with Gasteiger partial charge in [0.15, 0.2) is 0 Å². The zero-order chi connectivity index (χ0) is 24.6. The van der Waals surface area contributed by atoms with Gasteiger partial charge < -0.3 is 5.32 Å². The molecule has 1 aliphatic heterocycles. The Kier molecular flexibility index (Phi) is 5.94. The Morgan fingerprint density at radius 1 is 1.06 bits per heavy atom. The lowest BCUT2D eigenvalue weighted by atomic mass is 10.1. The lowest BCUT2D eigenvalue weighted by Gasteiger charge is -2.25. The number of hydrogen-bond acceptors (Lipinski definition) is 7. The van der Waals surface area contributed by atoms with Gasteiger partial charge in [0.05, 0.1) is 22.1 Å². The molecular weight excluding hydrogens is 490 g/mol. The first-order valence-electron chi connectivity index (χ1n) is 10.4. The number of benzene rings is 2. The van der Waals surface area contributed by atoms with Gasteiger partial charge in [-0.25, -0.2) is 18.6 Å². The molecule has 0 aliphatic carbocycles. The van der Waals surface area contributed by atoms with Crippen LogP contribution in [0, 0.1) is 0 Å². The van der Waals surface area contributed by atoms with Gasteiger partial charge in [-0.2, -0.15) is 9.40 Å². The maximum atomic E-state index is 13.3. The van der Waals surface area contributed by atoms with Crippen LogP contribution < -0.4 is 10.8 Å². The molecule has 3 N–H and O–H groups in total. The highest BCUT2D eigenvalue weighted by Gasteiger charge is 2.44. The number of anilines is 1. The van der Waals surface area contributed by atoms with Gasteiger partial charge in [-0.15, -0.1) is 11.3 Å². The molecule has 0 saturated heterocycles. The average Bonchev–Trinajstić information content (AvgIpc) is 3.59. The summed E-state index contributed by atoms with van der Waals surface area (Å²) < 4.78 is 29.3. The third kappa shape index (κ3) is 4.23. The topological polar surface area (TPSA) is 134 Å². The van der Waals surface area contributed by atoms with E-state index in [1.165, 1.54) is 6.07 Å². The zero-order valence-electron chi connectivity index (χ0n) is 18.0. The molecule has 2 aromatic carbocycles. The summed E-state index contributed by atoms with van der Waals surface area (Å²) in [7, 11) is -4.05. The van der Waals surface area contributed by atoms with E-state index in [-0.39, 0.29) is 17.3 Å². The van der Waals surface area contributed by atoms with E-state index in [1.54, 1.807) is 83.2 Å². The molecule has 5 rings (SSSR count). The van der Waals surface area contributed by atoms with Gasteiger partial charge in [0.2, 0.25) is 10.0 Å². The number of fused-ring (bicyclic) bond motifs is 1. The van der Waals surface area contributed by atoms with E-state index in [4.69, 9.17) is 0 Å². The molecule has 4 aromatic rings. The fourth-order valence-corrected chi connectivity index (χ4v) is 7.11. The van der Waals surface area contributed by atoms with Gasteiger partial charge in [0.1, 0.15) is 6.04 Å². The third-order valence-electron chi connectivity index (χ3n) is 5.55. The largest absolute Gasteiger partial charge is 0.314 e. The number of nitrogens with zero attached hydrogens (tertiary/aromatic N) is 3. The van der Waals surface area contributed by atoms with Crippen LogP contribution in [0.25, 0.3) is 5.69 Å². The minimum Gasteiger partial charge on any atom is -0.314 e. The molecule has 2 amide bonds. The van der Waals surface area contributed by atoms with Crippen LogP contribution >= 0.6 is 11.3 Å². The van der Waals surface area contributed by atoms with Crippen molar-refractivity contribution in [3.8, 4) is 5.69 Å². The molecule has 0 unspecified atom stereocenters. The van der Waals surface area contributed by atoms with Gasteiger partial charge in [0.25, 0.3) is 11.8 Å². The third-order valence-corrected chi connectivity index (χ3v) is 8.60. The minimum atomic E-state index is -4.05. The molecule has 12 heteroatoms. The lowest BCUT2D eigenvalue weighted by molar-refractivity contribution is -0.133. The molecule has 1 aliphatic rings. The van der Waals surface area contributed by atoms with Gasteiger partial charge in [0, 0.05) is 22.8 Å². The second-order valence-corrected chi connectivity index (χ2v) is 10.7. The minimum absolute atomic E-state index is 0.0264. The molecule has 3 heterocycles. The van der Waals surface area contributed by atoms with Gasteiger partial charge in [-0.3, -0.25) is 14.8 Å². The maximum Gasteiger partial charge on any atom is 0.266 e. The Morgan fingerprint density at radius 2 is 1.80 bits per heavy atom. The SMILES string of the molecule is O=C(Nc1cc2c(s1)CN([C@@H](C(=O)NO)c1ccccc1)S2(=O)=O)c1ccc(-n2cccn2)cc1. The highest BCUT2D eigenvalue weighted by molar-refractivity contribution is 7.89. The fraction of sp³-hybridized carbons (Fsp3) is 0.0870. The van der Waals surface area contributed by atoms with E-state index < -0.39 is 22.0 Å². The van der Waals surface area contributed by atoms with Crippen molar-refractivity contribution in [2.45, 2.75) is 17.5 Å². The molecule has 1 atom stereocenters. The van der Waals surface area contributed by atoms with Crippen LogP contribution in [-0.2, 0) is 21.4 Å². The maximum absolute atomic E-state index is 13.3. The van der Waals surface area contributed by atoms with Crippen LogP contribution in [0.4, 0.5) is 5.00 Å². The molecule has 178 valence electrons. The summed E-state index contributed by atoms with van der Waals surface area (Å²) in [5, 5.41) is 16.5. The van der Waals surface area contributed by atoms with Crippen LogP contribution in [0.15, 0.2) is 84.0 Å². The highest BCUT2D eigenvalue weighted by Crippen LogP contribution is 2.43. The van der Waals surface area contributed by atoms with Crippen molar-refractivity contribution >= 4 is 38.2 Å². The van der Waals surface area contributed by atoms with Crippen LogP contribution in [0.3, 0.4) is 0 Å². The Labute approximate surface area is 204 Å². The lowest BCUT2D eigenvalue weighted by Crippen LogP contribution is -2.39. The van der Waals surface area contributed by atoms with Crippen LogP contribution in [-0.4, -0.2) is 39.5 Å². The van der Waals surface area contributed by atoms with Crippen molar-refractivity contribution in [1.29, 1.82) is 0 Å². The van der Waals surface area contributed by atoms with E-state index in [9.17, 15) is 23.2 Å². The van der Waals surface area contributed by atoms with Crippen molar-refractivity contribution in [1.82, 2.24) is 19.6 Å². The first kappa shape index (κ1) is 22.9. The summed E-state index contributed by atoms with van der Waals surface area (Å²) in [5.74, 6) is -1.24. The van der Waals surface area contributed by atoms with Gasteiger partial charge in [-0.05, 0) is 42.0 Å². The number of rotatable bonds is 6. The number of carbonyl (C=O) groups is 2. The first-order valence-corrected chi connectivity index (χ1v) is 12.7. The van der Waals surface area contributed by atoms with Crippen molar-refractivity contribution in [2.75, 3.05) is 5.32 Å². The van der Waals surface area contributed by atoms with Crippen molar-refractivity contribution in [3.63, 3.8) is 0 Å². The monoisotopic (exact) mass is 509 g/mol. The van der Waals surface area contributed by atoms with E-state index in [0.717, 1.165) is 21.3 Å². The number of hydrogen-bond donors (Lipinski definition) is 3. The molecule has 0 fully saturated rings. The molecule has 0 spiro atoms. The molecule has 0 radical (unpaired) electrons. The van der Waals surface area contributed by atoms with E-state index in [1.807, 2.05) is 0 Å². The number of thiophene rings is 1. The number of carbonyl (C=O) groups excluding carboxylic acids is 2. The average molecular weight is 510 g/mol. The number of nitrogens with one attached hydrogen (secondary N) is 2. The van der Waals surface area contributed by atoms with Crippen molar-refractivity contribution in [3.05, 3.63) is 95.1 Å². The van der Waals surface area contributed by atoms with E-state index in [2.05, 4.69) is 10.4 Å². The standard InChI is InChI=1S/C23H19N5O5S2/c29-22(16-7-9-17(10-8-16)27-12-4-11-24-27)25-20-13-19-18(34-20)14-28(35(19,32)33)21(23(30)26-31)15-5-2-1-3-6-15/h1-13,21,31H,14H2,(H,25,29)(H,26,30)/t21-/m1/s1. The van der Waals surface area contributed by atoms with Crippen LogP contribution in [0.2, 0.25) is 0 Å². The Hall–Kier alpha value is -3.84. The molecule has 0 saturated carbocycles. The molecule has 35 heavy (non-hydrogen) atoms. The summed E-state index contributed by atoms with van der Waals surface area (Å²) in [4.78, 5) is 25.6. The second-order valence-electron chi connectivity index (χ2n) is 7.69. The van der Waals surface area contributed by atoms with Crippen molar-refractivity contribution < 1.29 is 23.2 Å². The summed E-state index contributed by atoms with van der Waals surface area (Å²) in [6, 6.07) is 17.1. The normalized spacial score (nSPS) is 15.3. The zero-order valence-corrected chi connectivity index (χ0v) is 19.7. The molecule has 2 aromatic heterocycles. The van der Waals surface area contributed by atoms with E-state index in [0.29, 0.717) is 21.0 Å². The smallest absolute Gasteiger partial charge is 0.266 e. The predicted molar refractivity (Wildman–Crippen MR) is 128 cm³/mol. The quantitative estimate of drug-likeness (QED) is 0.270. The van der Waals surface area contributed by atoms with Crippen molar-refractivity contribution in [2.24, 2.45) is 0 Å². The van der Waals surface area contributed by atoms with E-state index >= 15 is 0 Å². The summed E-state index contributed by atoms with van der Waals surface area (Å²) in [6.45, 7) is -0.0657. The Bertz CT molecular complexity index is 1480. The Balaban J connectivity index is 1.36. The summed E-state index contributed by atoms with van der Waals surface area (Å²) in [6.07, 6.45) is 3.45. The highest BCUT2D eigenvalue weighted by atomic mass is 32.2. The van der Waals surface area contributed by atoms with Gasteiger partial charge >= 0.3 is 0 Å². The molecule has 0 bridgehead atoms. The first-order chi connectivity index (χ1) is 16.9. The molecular formula is C23H19N5O5S2. The van der Waals surface area contributed by atoms with Crippen LogP contribution in [0.5, 0.6) is 0 Å². The number of sulfonamides is 1. The predicted octanol–water partition coefficient (Wildman–Crippen LogP) is 2.94. The summed E-state index contributed by atoms with van der Waals surface area (Å²) in [5.41, 5.74) is 3.19. The number of amides is 2. The fourth-order valence-electron chi connectivity index (χ4n) is 3.90. The summed E-state index contributed by atoms with van der Waals surface area (Å²) >= 11 is 1.12. The Morgan fingerprint density at radius 3 is 2.43 bits per heavy atom. The van der Waals surface area contributed by atoms with Crippen LogP contribution in [0.1, 0.15) is 26.8 Å². The second kappa shape index (κ2) is 9.07. The number of aromatic nitrogens is 2. The number of hydroxylamine groups is 1.